The van der Waals surface area contributed by atoms with Gasteiger partial charge < -0.3 is 10.4 Å². The molecule has 0 aromatic carbocycles. The summed E-state index contributed by atoms with van der Waals surface area (Å²) >= 11 is 7.46. The predicted molar refractivity (Wildman–Crippen MR) is 44.9 cm³/mol. The number of halogens is 1. The number of thiocarbonyl (C=S) groups is 1. The molecular weight excluding hydrogens is 220 g/mol. The van der Waals surface area contributed by atoms with Gasteiger partial charge >= 0.3 is 5.97 Å². The molecule has 0 saturated heterocycles. The van der Waals surface area contributed by atoms with Crippen LogP contribution >= 0.6 is 28.4 Å². The second-order valence-electron chi connectivity index (χ2n) is 1.63. The zero-order valence-electron chi connectivity index (χ0n) is 5.22. The summed E-state index contributed by atoms with van der Waals surface area (Å²) in [6.07, 6.45) is 0. The van der Waals surface area contributed by atoms with E-state index in [-0.39, 0.29) is 5.11 Å². The van der Waals surface area contributed by atoms with Crippen LogP contribution in [0.3, 0.4) is 0 Å². The van der Waals surface area contributed by atoms with Crippen LogP contribution in [0.4, 0.5) is 0 Å². The van der Waals surface area contributed by atoms with Gasteiger partial charge in [-0.05, 0) is 19.1 Å². The Kier molecular flexibility index (Phi) is 4.29. The van der Waals surface area contributed by atoms with Gasteiger partial charge in [-0.3, -0.25) is 9.14 Å². The van der Waals surface area contributed by atoms with E-state index in [4.69, 9.17) is 5.11 Å². The maximum absolute atomic E-state index is 10.2. The maximum atomic E-state index is 10.2. The Morgan fingerprint density at radius 3 is 2.60 bits per heavy atom. The van der Waals surface area contributed by atoms with Gasteiger partial charge in [-0.1, -0.05) is 0 Å². The summed E-state index contributed by atoms with van der Waals surface area (Å²) in [7, 11) is 0. The molecule has 3 N–H and O–H groups in total. The zero-order chi connectivity index (χ0) is 8.15. The number of rotatable bonds is 2. The molecule has 0 spiro atoms. The molecule has 0 aromatic rings. The summed E-state index contributed by atoms with van der Waals surface area (Å²) in [4.78, 5) is 10.2. The first kappa shape index (κ1) is 9.64. The molecule has 0 bridgehead atoms. The summed E-state index contributed by atoms with van der Waals surface area (Å²) in [6.45, 7) is 1.50. The van der Waals surface area contributed by atoms with Crippen molar-refractivity contribution in [2.45, 2.75) is 13.0 Å². The lowest BCUT2D eigenvalue weighted by molar-refractivity contribution is -0.138. The first-order valence-corrected chi connectivity index (χ1v) is 3.68. The number of aliphatic carboxylic acids is 1. The van der Waals surface area contributed by atoms with Crippen LogP contribution in [0.1, 0.15) is 6.92 Å². The molecule has 0 aliphatic carbocycles. The molecule has 0 radical (unpaired) electrons. The molecule has 0 amide bonds. The van der Waals surface area contributed by atoms with E-state index >= 15 is 0 Å². The highest BCUT2D eigenvalue weighted by Crippen LogP contribution is 1.81. The van der Waals surface area contributed by atoms with Gasteiger partial charge in [-0.25, -0.2) is 0 Å². The summed E-state index contributed by atoms with van der Waals surface area (Å²) in [6, 6.07) is -0.669. The second-order valence-corrected chi connectivity index (χ2v) is 2.43. The molecule has 0 fully saturated rings. The van der Waals surface area contributed by atoms with Crippen LogP contribution in [0.15, 0.2) is 0 Å². The lowest BCUT2D eigenvalue weighted by atomic mass is 10.4. The predicted octanol–water partition coefficient (Wildman–Crippen LogP) is 0.233. The van der Waals surface area contributed by atoms with E-state index in [1.165, 1.54) is 6.92 Å². The van der Waals surface area contributed by atoms with Gasteiger partial charge in [0.25, 0.3) is 0 Å². The van der Waals surface area contributed by atoms with E-state index in [1.807, 2.05) is 0 Å². The van der Waals surface area contributed by atoms with Gasteiger partial charge in [0.05, 0.1) is 0 Å². The van der Waals surface area contributed by atoms with E-state index in [9.17, 15) is 4.79 Å². The molecule has 0 aliphatic heterocycles. The van der Waals surface area contributed by atoms with Gasteiger partial charge in [0, 0.05) is 16.1 Å². The molecule has 10 heavy (non-hydrogen) atoms. The minimum Gasteiger partial charge on any atom is -0.480 e. The minimum absolute atomic E-state index is 0.259. The number of carbonyl (C=O) groups is 1. The van der Waals surface area contributed by atoms with Gasteiger partial charge in [0.2, 0.25) is 0 Å². The second kappa shape index (κ2) is 4.45. The average molecular weight is 227 g/mol. The Hall–Kier alpha value is -0.360. The lowest BCUT2D eigenvalue weighted by Crippen LogP contribution is -2.41. The van der Waals surface area contributed by atoms with Crippen molar-refractivity contribution in [2.24, 2.45) is 0 Å². The highest BCUT2D eigenvalue weighted by atomic mass is 79.9. The Bertz CT molecular complexity index is 152. The van der Waals surface area contributed by atoms with Crippen molar-refractivity contribution in [3.63, 3.8) is 0 Å². The number of carboxylic acid groups (broad SMARTS) is 1. The van der Waals surface area contributed by atoms with E-state index < -0.39 is 12.0 Å². The molecule has 0 saturated carbocycles. The van der Waals surface area contributed by atoms with Crippen LogP contribution in [0.5, 0.6) is 0 Å². The molecule has 0 heterocycles. The standard InChI is InChI=1S/C4H7BrN2O2S/c1-2(3(8)9)6-4(10)7-5/h2H,1H3,(H,8,9)(H2,6,7,10). The van der Waals surface area contributed by atoms with Gasteiger partial charge in [-0.2, -0.15) is 0 Å². The number of hydrogen-bond acceptors (Lipinski definition) is 2. The first-order valence-electron chi connectivity index (χ1n) is 2.48. The van der Waals surface area contributed by atoms with Crippen molar-refractivity contribution < 1.29 is 9.90 Å². The highest BCUT2D eigenvalue weighted by molar-refractivity contribution is 9.08. The largest absolute Gasteiger partial charge is 0.480 e. The number of hydrogen-bond donors (Lipinski definition) is 3. The van der Waals surface area contributed by atoms with Gasteiger partial charge in [0.1, 0.15) is 6.04 Å². The third-order valence-electron chi connectivity index (χ3n) is 0.804. The Morgan fingerprint density at radius 1 is 1.80 bits per heavy atom. The molecular formula is C4H7BrN2O2S. The Labute approximate surface area is 72.3 Å². The maximum Gasteiger partial charge on any atom is 0.325 e. The molecule has 6 heteroatoms. The third-order valence-corrected chi connectivity index (χ3v) is 1.68. The highest BCUT2D eigenvalue weighted by Gasteiger charge is 2.09. The number of carboxylic acids is 1. The van der Waals surface area contributed by atoms with Crippen molar-refractivity contribution in [1.82, 2.24) is 9.66 Å². The minimum atomic E-state index is -0.940. The first-order chi connectivity index (χ1) is 4.57. The van der Waals surface area contributed by atoms with Crippen LogP contribution in [0.2, 0.25) is 0 Å². The fourth-order valence-corrected chi connectivity index (χ4v) is 0.577. The topological polar surface area (TPSA) is 61.4 Å². The molecule has 0 rings (SSSR count). The Morgan fingerprint density at radius 2 is 2.30 bits per heavy atom. The smallest absolute Gasteiger partial charge is 0.325 e. The van der Waals surface area contributed by atoms with E-state index in [0.717, 1.165) is 0 Å². The van der Waals surface area contributed by atoms with Gasteiger partial charge in [-0.15, -0.1) is 0 Å². The monoisotopic (exact) mass is 226 g/mol. The van der Waals surface area contributed by atoms with Crippen molar-refractivity contribution in [2.75, 3.05) is 0 Å². The third kappa shape index (κ3) is 3.62. The summed E-state index contributed by atoms with van der Waals surface area (Å²) in [5.74, 6) is -0.940. The van der Waals surface area contributed by atoms with Crippen LogP contribution in [-0.2, 0) is 4.79 Å². The lowest BCUT2D eigenvalue weighted by Gasteiger charge is -2.08. The van der Waals surface area contributed by atoms with Crippen molar-refractivity contribution in [3.8, 4) is 0 Å². The van der Waals surface area contributed by atoms with Crippen LogP contribution in [-0.4, -0.2) is 22.2 Å². The van der Waals surface area contributed by atoms with E-state index in [0.29, 0.717) is 0 Å². The van der Waals surface area contributed by atoms with Crippen molar-refractivity contribution >= 4 is 39.4 Å². The number of nitrogens with one attached hydrogen (secondary N) is 2. The molecule has 0 aromatic heterocycles. The fourth-order valence-electron chi connectivity index (χ4n) is 0.286. The van der Waals surface area contributed by atoms with Gasteiger partial charge in [0.15, 0.2) is 5.11 Å². The molecule has 4 nitrogen and oxygen atoms in total. The van der Waals surface area contributed by atoms with Crippen molar-refractivity contribution in [3.05, 3.63) is 0 Å². The van der Waals surface area contributed by atoms with Crippen LogP contribution in [0, 0.1) is 0 Å². The molecule has 1 atom stereocenters. The van der Waals surface area contributed by atoms with Crippen LogP contribution in [0.25, 0.3) is 0 Å². The van der Waals surface area contributed by atoms with Crippen LogP contribution < -0.4 is 9.66 Å². The molecule has 58 valence electrons. The van der Waals surface area contributed by atoms with Crippen molar-refractivity contribution in [1.29, 1.82) is 0 Å². The zero-order valence-corrected chi connectivity index (χ0v) is 7.62. The average Bonchev–Trinajstić information content (AvgIpc) is 1.87. The molecule has 0 aliphatic rings. The molecule has 1 unspecified atom stereocenters. The fraction of sp³-hybridized carbons (Fsp3) is 0.500. The summed E-state index contributed by atoms with van der Waals surface area (Å²) in [5.41, 5.74) is 0. The summed E-state index contributed by atoms with van der Waals surface area (Å²) < 4.78 is 2.42. The van der Waals surface area contributed by atoms with E-state index in [2.05, 4.69) is 38.0 Å². The SMILES string of the molecule is CC(NC(=S)NBr)C(=O)O. The normalized spacial score (nSPS) is 11.8. The summed E-state index contributed by atoms with van der Waals surface area (Å²) in [5, 5.41) is 11.1. The quantitative estimate of drug-likeness (QED) is 0.465. The Balaban J connectivity index is 3.68. The van der Waals surface area contributed by atoms with E-state index in [1.54, 1.807) is 0 Å².